The second-order valence-electron chi connectivity index (χ2n) is 4.10. The van der Waals surface area contributed by atoms with Gasteiger partial charge in [0.25, 0.3) is 0 Å². The average molecular weight is 256 g/mol. The maximum Gasteiger partial charge on any atom is 0.313 e. The van der Waals surface area contributed by atoms with E-state index in [-0.39, 0.29) is 5.75 Å². The summed E-state index contributed by atoms with van der Waals surface area (Å²) in [5.41, 5.74) is 0. The number of aromatic nitrogens is 2. The van der Waals surface area contributed by atoms with Crippen LogP contribution in [0.4, 0.5) is 0 Å². The summed E-state index contributed by atoms with van der Waals surface area (Å²) in [7, 11) is 0. The quantitative estimate of drug-likeness (QED) is 0.809. The molecule has 0 saturated carbocycles. The van der Waals surface area contributed by atoms with Gasteiger partial charge >= 0.3 is 5.97 Å². The largest absolute Gasteiger partial charge is 0.481 e. The molecule has 1 aliphatic heterocycles. The third-order valence-electron chi connectivity index (χ3n) is 2.80. The Hall–Kier alpha value is -1.01. The fraction of sp³-hybridized carbons (Fsp3) is 0.636. The van der Waals surface area contributed by atoms with Crippen molar-refractivity contribution in [2.75, 3.05) is 19.0 Å². The lowest BCUT2D eigenvalue weighted by molar-refractivity contribution is -0.133. The second-order valence-corrected chi connectivity index (χ2v) is 5.04. The Morgan fingerprint density at radius 3 is 3.06 bits per heavy atom. The average Bonchev–Trinajstić information content (AvgIpc) is 2.75. The molecule has 2 rings (SSSR count). The minimum Gasteiger partial charge on any atom is -0.481 e. The predicted octanol–water partition coefficient (Wildman–Crippen LogP) is 1.49. The standard InChI is InChI=1S/C11H16N2O3S/c14-10(15)8-17-11-12-3-4-13(11)7-9-1-5-16-6-2-9/h3-4,9H,1-2,5-8H2,(H,14,15). The molecule has 1 aromatic rings. The van der Waals surface area contributed by atoms with Gasteiger partial charge in [0.15, 0.2) is 5.16 Å². The summed E-state index contributed by atoms with van der Waals surface area (Å²) >= 11 is 1.27. The van der Waals surface area contributed by atoms with E-state index in [1.165, 1.54) is 11.8 Å². The predicted molar refractivity (Wildman–Crippen MR) is 64.1 cm³/mol. The molecule has 0 aromatic carbocycles. The van der Waals surface area contributed by atoms with Gasteiger partial charge in [-0.2, -0.15) is 0 Å². The molecule has 0 bridgehead atoms. The Kier molecular flexibility index (Phi) is 4.44. The van der Waals surface area contributed by atoms with Gasteiger partial charge in [0.2, 0.25) is 0 Å². The molecule has 2 heterocycles. The molecular formula is C11H16N2O3S. The number of hydrogen-bond donors (Lipinski definition) is 1. The fourth-order valence-electron chi connectivity index (χ4n) is 1.91. The lowest BCUT2D eigenvalue weighted by Gasteiger charge is -2.22. The highest BCUT2D eigenvalue weighted by Gasteiger charge is 2.16. The van der Waals surface area contributed by atoms with Crippen LogP contribution in [-0.2, 0) is 16.1 Å². The molecule has 1 fully saturated rings. The van der Waals surface area contributed by atoms with Crippen LogP contribution in [0.1, 0.15) is 12.8 Å². The molecule has 0 spiro atoms. The number of carboxylic acids is 1. The van der Waals surface area contributed by atoms with Gasteiger partial charge in [0, 0.05) is 32.2 Å². The first-order valence-corrected chi connectivity index (χ1v) is 6.67. The summed E-state index contributed by atoms with van der Waals surface area (Å²) in [5.74, 6) is -0.136. The number of ether oxygens (including phenoxy) is 1. The van der Waals surface area contributed by atoms with Crippen LogP contribution in [0, 0.1) is 5.92 Å². The number of carbonyl (C=O) groups is 1. The SMILES string of the molecule is O=C(O)CSc1nccn1CC1CCOCC1. The topological polar surface area (TPSA) is 64.3 Å². The molecular weight excluding hydrogens is 240 g/mol. The van der Waals surface area contributed by atoms with Crippen LogP contribution in [0.15, 0.2) is 17.6 Å². The molecule has 0 amide bonds. The molecule has 1 aliphatic rings. The van der Waals surface area contributed by atoms with E-state index >= 15 is 0 Å². The first-order valence-electron chi connectivity index (χ1n) is 5.69. The van der Waals surface area contributed by atoms with Gasteiger partial charge in [-0.1, -0.05) is 11.8 Å². The van der Waals surface area contributed by atoms with Gasteiger partial charge in [-0.25, -0.2) is 4.98 Å². The van der Waals surface area contributed by atoms with Gasteiger partial charge in [-0.15, -0.1) is 0 Å². The molecule has 0 aliphatic carbocycles. The number of nitrogens with zero attached hydrogens (tertiary/aromatic N) is 2. The summed E-state index contributed by atoms with van der Waals surface area (Å²) in [4.78, 5) is 14.7. The molecule has 1 saturated heterocycles. The number of hydrogen-bond acceptors (Lipinski definition) is 4. The number of imidazole rings is 1. The molecule has 94 valence electrons. The van der Waals surface area contributed by atoms with E-state index in [0.717, 1.165) is 37.8 Å². The molecule has 1 aromatic heterocycles. The Morgan fingerprint density at radius 2 is 2.35 bits per heavy atom. The number of thioether (sulfide) groups is 1. The van der Waals surface area contributed by atoms with E-state index in [1.54, 1.807) is 6.20 Å². The summed E-state index contributed by atoms with van der Waals surface area (Å²) in [6, 6.07) is 0. The van der Waals surface area contributed by atoms with Crippen molar-refractivity contribution in [1.82, 2.24) is 9.55 Å². The van der Waals surface area contributed by atoms with Crippen molar-refractivity contribution in [3.8, 4) is 0 Å². The maximum absolute atomic E-state index is 10.5. The van der Waals surface area contributed by atoms with E-state index in [9.17, 15) is 4.79 Å². The number of aliphatic carboxylic acids is 1. The van der Waals surface area contributed by atoms with Crippen LogP contribution >= 0.6 is 11.8 Å². The third kappa shape index (κ3) is 3.74. The molecule has 0 atom stereocenters. The molecule has 5 nitrogen and oxygen atoms in total. The highest BCUT2D eigenvalue weighted by atomic mass is 32.2. The molecule has 6 heteroatoms. The van der Waals surface area contributed by atoms with Gasteiger partial charge < -0.3 is 14.4 Å². The summed E-state index contributed by atoms with van der Waals surface area (Å²) < 4.78 is 7.37. The van der Waals surface area contributed by atoms with E-state index in [0.29, 0.717) is 5.92 Å². The van der Waals surface area contributed by atoms with Crippen molar-refractivity contribution in [3.63, 3.8) is 0 Å². The minimum absolute atomic E-state index is 0.0603. The molecule has 0 radical (unpaired) electrons. The normalized spacial score (nSPS) is 17.2. The Balaban J connectivity index is 1.91. The lowest BCUT2D eigenvalue weighted by atomic mass is 10.0. The van der Waals surface area contributed by atoms with Gasteiger partial charge in [0.1, 0.15) is 0 Å². The van der Waals surface area contributed by atoms with E-state index in [2.05, 4.69) is 4.98 Å². The smallest absolute Gasteiger partial charge is 0.313 e. The van der Waals surface area contributed by atoms with Crippen molar-refractivity contribution in [2.24, 2.45) is 5.92 Å². The van der Waals surface area contributed by atoms with Crippen molar-refractivity contribution in [3.05, 3.63) is 12.4 Å². The van der Waals surface area contributed by atoms with Crippen molar-refractivity contribution in [2.45, 2.75) is 24.5 Å². The van der Waals surface area contributed by atoms with Crippen LogP contribution < -0.4 is 0 Å². The van der Waals surface area contributed by atoms with Crippen LogP contribution in [0.3, 0.4) is 0 Å². The molecule has 1 N–H and O–H groups in total. The minimum atomic E-state index is -0.810. The molecule has 17 heavy (non-hydrogen) atoms. The first-order chi connectivity index (χ1) is 8.25. The van der Waals surface area contributed by atoms with Crippen molar-refractivity contribution in [1.29, 1.82) is 0 Å². The van der Waals surface area contributed by atoms with E-state index in [1.807, 2.05) is 10.8 Å². The van der Waals surface area contributed by atoms with Gasteiger partial charge in [-0.3, -0.25) is 4.79 Å². The zero-order valence-electron chi connectivity index (χ0n) is 9.54. The van der Waals surface area contributed by atoms with Crippen LogP contribution in [0.2, 0.25) is 0 Å². The number of carboxylic acid groups (broad SMARTS) is 1. The van der Waals surface area contributed by atoms with E-state index in [4.69, 9.17) is 9.84 Å². The van der Waals surface area contributed by atoms with E-state index < -0.39 is 5.97 Å². The third-order valence-corrected chi connectivity index (χ3v) is 3.79. The summed E-state index contributed by atoms with van der Waals surface area (Å²) in [6.07, 6.45) is 5.78. The van der Waals surface area contributed by atoms with Crippen molar-refractivity contribution < 1.29 is 14.6 Å². The Labute approximate surface area is 104 Å². The zero-order valence-corrected chi connectivity index (χ0v) is 10.4. The number of rotatable bonds is 5. The van der Waals surface area contributed by atoms with Crippen LogP contribution in [0.5, 0.6) is 0 Å². The molecule has 0 unspecified atom stereocenters. The maximum atomic E-state index is 10.5. The fourth-order valence-corrected chi connectivity index (χ4v) is 2.60. The summed E-state index contributed by atoms with van der Waals surface area (Å²) in [6.45, 7) is 2.57. The second kappa shape index (κ2) is 6.07. The van der Waals surface area contributed by atoms with Crippen LogP contribution in [-0.4, -0.2) is 39.6 Å². The van der Waals surface area contributed by atoms with Crippen molar-refractivity contribution >= 4 is 17.7 Å². The lowest BCUT2D eigenvalue weighted by Crippen LogP contribution is -2.20. The highest BCUT2D eigenvalue weighted by molar-refractivity contribution is 7.99. The monoisotopic (exact) mass is 256 g/mol. The summed E-state index contributed by atoms with van der Waals surface area (Å²) in [5, 5.41) is 9.44. The van der Waals surface area contributed by atoms with Gasteiger partial charge in [-0.05, 0) is 18.8 Å². The Morgan fingerprint density at radius 1 is 1.59 bits per heavy atom. The Bertz CT molecular complexity index is 375. The van der Waals surface area contributed by atoms with Gasteiger partial charge in [0.05, 0.1) is 5.75 Å². The zero-order chi connectivity index (χ0) is 12.1. The highest BCUT2D eigenvalue weighted by Crippen LogP contribution is 2.21. The van der Waals surface area contributed by atoms with Crippen LogP contribution in [0.25, 0.3) is 0 Å². The first kappa shape index (κ1) is 12.4.